The molecule has 0 saturated heterocycles. The predicted molar refractivity (Wildman–Crippen MR) is 63.6 cm³/mol. The Morgan fingerprint density at radius 1 is 0.938 bits per heavy atom. The van der Waals surface area contributed by atoms with E-state index in [4.69, 9.17) is 0 Å². The Bertz CT molecular complexity index is 497. The SMILES string of the molecule is Cc1cc(C(=O)c2ccccc2)cc(C)n1. The summed E-state index contributed by atoms with van der Waals surface area (Å²) in [6.07, 6.45) is 0. The number of hydrogen-bond acceptors (Lipinski definition) is 2. The highest BCUT2D eigenvalue weighted by Crippen LogP contribution is 2.11. The molecule has 0 N–H and O–H groups in total. The van der Waals surface area contributed by atoms with Gasteiger partial charge in [0.1, 0.15) is 0 Å². The normalized spacial score (nSPS) is 10.1. The highest BCUT2D eigenvalue weighted by molar-refractivity contribution is 6.09. The first-order valence-electron chi connectivity index (χ1n) is 5.22. The maximum absolute atomic E-state index is 12.1. The van der Waals surface area contributed by atoms with Crippen LogP contribution < -0.4 is 0 Å². The van der Waals surface area contributed by atoms with Gasteiger partial charge >= 0.3 is 0 Å². The van der Waals surface area contributed by atoms with Crippen molar-refractivity contribution in [3.63, 3.8) is 0 Å². The van der Waals surface area contributed by atoms with Gasteiger partial charge in [0.15, 0.2) is 5.78 Å². The lowest BCUT2D eigenvalue weighted by Gasteiger charge is -2.03. The predicted octanol–water partition coefficient (Wildman–Crippen LogP) is 2.93. The molecule has 2 aromatic rings. The number of carbonyl (C=O) groups excluding carboxylic acids is 1. The second kappa shape index (κ2) is 4.27. The van der Waals surface area contributed by atoms with Gasteiger partial charge in [-0.05, 0) is 26.0 Å². The van der Waals surface area contributed by atoms with Crippen LogP contribution in [0.5, 0.6) is 0 Å². The zero-order valence-electron chi connectivity index (χ0n) is 9.40. The van der Waals surface area contributed by atoms with Crippen molar-refractivity contribution in [1.82, 2.24) is 4.98 Å². The van der Waals surface area contributed by atoms with Crippen LogP contribution in [0.4, 0.5) is 0 Å². The first-order chi connectivity index (χ1) is 7.66. The molecule has 2 rings (SSSR count). The van der Waals surface area contributed by atoms with Crippen LogP contribution in [-0.2, 0) is 0 Å². The molecule has 0 radical (unpaired) electrons. The number of carbonyl (C=O) groups is 1. The average molecular weight is 211 g/mol. The smallest absolute Gasteiger partial charge is 0.193 e. The number of ketones is 1. The number of hydrogen-bond donors (Lipinski definition) is 0. The molecule has 1 aromatic carbocycles. The molecule has 2 nitrogen and oxygen atoms in total. The van der Waals surface area contributed by atoms with Gasteiger partial charge in [0, 0.05) is 22.5 Å². The minimum absolute atomic E-state index is 0.0502. The van der Waals surface area contributed by atoms with E-state index in [2.05, 4.69) is 4.98 Å². The second-order valence-corrected chi connectivity index (χ2v) is 3.83. The number of aryl methyl sites for hydroxylation is 2. The topological polar surface area (TPSA) is 30.0 Å². The van der Waals surface area contributed by atoms with Crippen molar-refractivity contribution in [2.45, 2.75) is 13.8 Å². The van der Waals surface area contributed by atoms with Gasteiger partial charge in [-0.2, -0.15) is 0 Å². The van der Waals surface area contributed by atoms with Crippen molar-refractivity contribution in [2.24, 2.45) is 0 Å². The van der Waals surface area contributed by atoms with Crippen molar-refractivity contribution in [2.75, 3.05) is 0 Å². The molecular weight excluding hydrogens is 198 g/mol. The van der Waals surface area contributed by atoms with Crippen LogP contribution in [0.15, 0.2) is 42.5 Å². The molecule has 1 aromatic heterocycles. The van der Waals surface area contributed by atoms with Gasteiger partial charge in [-0.15, -0.1) is 0 Å². The zero-order chi connectivity index (χ0) is 11.5. The number of aromatic nitrogens is 1. The summed E-state index contributed by atoms with van der Waals surface area (Å²) in [4.78, 5) is 16.4. The van der Waals surface area contributed by atoms with Crippen molar-refractivity contribution in [3.8, 4) is 0 Å². The van der Waals surface area contributed by atoms with Crippen LogP contribution in [0, 0.1) is 13.8 Å². The van der Waals surface area contributed by atoms with Gasteiger partial charge in [-0.25, -0.2) is 0 Å². The maximum atomic E-state index is 12.1. The summed E-state index contributed by atoms with van der Waals surface area (Å²) >= 11 is 0. The van der Waals surface area contributed by atoms with Crippen molar-refractivity contribution in [1.29, 1.82) is 0 Å². The standard InChI is InChI=1S/C14H13NO/c1-10-8-13(9-11(2)15-10)14(16)12-6-4-3-5-7-12/h3-9H,1-2H3. The number of nitrogens with zero attached hydrogens (tertiary/aromatic N) is 1. The average Bonchev–Trinajstić information content (AvgIpc) is 2.28. The van der Waals surface area contributed by atoms with Crippen LogP contribution in [0.3, 0.4) is 0 Å². The van der Waals surface area contributed by atoms with Crippen LogP contribution in [0.25, 0.3) is 0 Å². The minimum Gasteiger partial charge on any atom is -0.289 e. The molecule has 0 unspecified atom stereocenters. The lowest BCUT2D eigenvalue weighted by molar-refractivity contribution is 0.103. The van der Waals surface area contributed by atoms with Crippen LogP contribution >= 0.6 is 0 Å². The van der Waals surface area contributed by atoms with Crippen LogP contribution in [0.1, 0.15) is 27.3 Å². The van der Waals surface area contributed by atoms with E-state index in [0.29, 0.717) is 11.1 Å². The van der Waals surface area contributed by atoms with E-state index in [0.717, 1.165) is 11.4 Å². The van der Waals surface area contributed by atoms with E-state index in [1.54, 1.807) is 0 Å². The van der Waals surface area contributed by atoms with Crippen molar-refractivity contribution >= 4 is 5.78 Å². The van der Waals surface area contributed by atoms with E-state index in [1.807, 2.05) is 56.3 Å². The third-order valence-corrected chi connectivity index (χ3v) is 2.38. The quantitative estimate of drug-likeness (QED) is 0.715. The molecule has 80 valence electrons. The highest BCUT2D eigenvalue weighted by atomic mass is 16.1. The fourth-order valence-electron chi connectivity index (χ4n) is 1.72. The third kappa shape index (κ3) is 2.16. The first-order valence-corrected chi connectivity index (χ1v) is 5.22. The fourth-order valence-corrected chi connectivity index (χ4v) is 1.72. The Morgan fingerprint density at radius 2 is 1.50 bits per heavy atom. The molecule has 0 aliphatic heterocycles. The maximum Gasteiger partial charge on any atom is 0.193 e. The molecule has 16 heavy (non-hydrogen) atoms. The minimum atomic E-state index is 0.0502. The summed E-state index contributed by atoms with van der Waals surface area (Å²) in [6, 6.07) is 12.9. The number of pyridine rings is 1. The third-order valence-electron chi connectivity index (χ3n) is 2.38. The molecule has 0 amide bonds. The highest BCUT2D eigenvalue weighted by Gasteiger charge is 2.09. The Labute approximate surface area is 95.0 Å². The fraction of sp³-hybridized carbons (Fsp3) is 0.143. The summed E-state index contributed by atoms with van der Waals surface area (Å²) < 4.78 is 0. The van der Waals surface area contributed by atoms with Gasteiger partial charge < -0.3 is 0 Å². The van der Waals surface area contributed by atoms with Crippen LogP contribution in [-0.4, -0.2) is 10.8 Å². The molecule has 0 aliphatic rings. The first kappa shape index (κ1) is 10.6. The zero-order valence-corrected chi connectivity index (χ0v) is 9.40. The summed E-state index contributed by atoms with van der Waals surface area (Å²) in [7, 11) is 0. The molecule has 0 fully saturated rings. The van der Waals surface area contributed by atoms with Gasteiger partial charge in [-0.3, -0.25) is 9.78 Å². The Balaban J connectivity index is 2.42. The second-order valence-electron chi connectivity index (χ2n) is 3.83. The Kier molecular flexibility index (Phi) is 2.82. The summed E-state index contributed by atoms with van der Waals surface area (Å²) in [5.74, 6) is 0.0502. The molecule has 0 aliphatic carbocycles. The lowest BCUT2D eigenvalue weighted by Crippen LogP contribution is -2.03. The summed E-state index contributed by atoms with van der Waals surface area (Å²) in [6.45, 7) is 3.80. The molecule has 0 atom stereocenters. The Morgan fingerprint density at radius 3 is 2.06 bits per heavy atom. The Hall–Kier alpha value is -1.96. The van der Waals surface area contributed by atoms with E-state index in [1.165, 1.54) is 0 Å². The van der Waals surface area contributed by atoms with Crippen molar-refractivity contribution < 1.29 is 4.79 Å². The molecule has 0 spiro atoms. The van der Waals surface area contributed by atoms with E-state index in [9.17, 15) is 4.79 Å². The molecule has 2 heteroatoms. The van der Waals surface area contributed by atoms with Crippen molar-refractivity contribution in [3.05, 3.63) is 65.0 Å². The van der Waals surface area contributed by atoms with Gasteiger partial charge in [0.25, 0.3) is 0 Å². The van der Waals surface area contributed by atoms with E-state index < -0.39 is 0 Å². The molecule has 0 saturated carbocycles. The van der Waals surface area contributed by atoms with Crippen LogP contribution in [0.2, 0.25) is 0 Å². The monoisotopic (exact) mass is 211 g/mol. The van der Waals surface area contributed by atoms with E-state index in [-0.39, 0.29) is 5.78 Å². The summed E-state index contributed by atoms with van der Waals surface area (Å²) in [5, 5.41) is 0. The molecule has 0 bridgehead atoms. The van der Waals surface area contributed by atoms with E-state index >= 15 is 0 Å². The van der Waals surface area contributed by atoms with Gasteiger partial charge in [-0.1, -0.05) is 30.3 Å². The number of benzene rings is 1. The largest absolute Gasteiger partial charge is 0.289 e. The summed E-state index contributed by atoms with van der Waals surface area (Å²) in [5.41, 5.74) is 3.17. The van der Waals surface area contributed by atoms with Gasteiger partial charge in [0.05, 0.1) is 0 Å². The molecular formula is C14H13NO. The lowest BCUT2D eigenvalue weighted by atomic mass is 10.0. The molecule has 1 heterocycles. The number of rotatable bonds is 2. The van der Waals surface area contributed by atoms with Gasteiger partial charge in [0.2, 0.25) is 0 Å².